The lowest BCUT2D eigenvalue weighted by atomic mass is 10.2. The van der Waals surface area contributed by atoms with Crippen LogP contribution in [0.2, 0.25) is 0 Å². The lowest BCUT2D eigenvalue weighted by molar-refractivity contribution is -0.134. The van der Waals surface area contributed by atoms with Gasteiger partial charge in [0.05, 0.1) is 12.8 Å². The summed E-state index contributed by atoms with van der Waals surface area (Å²) in [5.41, 5.74) is 0.598. The largest absolute Gasteiger partial charge is 0.480 e. The first-order valence-corrected chi connectivity index (χ1v) is 4.13. The Kier molecular flexibility index (Phi) is 3.61. The number of esters is 1. The summed E-state index contributed by atoms with van der Waals surface area (Å²) in [5, 5.41) is 11.1. The fraction of sp³-hybridized carbons (Fsp3) is 0.222. The molecule has 80 valence electrons. The van der Waals surface area contributed by atoms with Gasteiger partial charge in [-0.15, -0.1) is 0 Å². The Bertz CT molecular complexity index is 378. The molecule has 0 fully saturated rings. The highest BCUT2D eigenvalue weighted by Crippen LogP contribution is 2.13. The molecule has 0 radical (unpaired) electrons. The second kappa shape index (κ2) is 4.94. The van der Waals surface area contributed by atoms with Gasteiger partial charge in [0.25, 0.3) is 0 Å². The number of ether oxygens (including phenoxy) is 1. The molecule has 1 heterocycles. The number of nitrogens with one attached hydrogen (secondary N) is 1. The molecular weight excluding hydrogens is 200 g/mol. The minimum atomic E-state index is -1.01. The third-order valence-electron chi connectivity index (χ3n) is 1.66. The van der Waals surface area contributed by atoms with Crippen molar-refractivity contribution in [2.75, 3.05) is 19.0 Å². The fourth-order valence-corrected chi connectivity index (χ4v) is 0.992. The van der Waals surface area contributed by atoms with E-state index in [0.29, 0.717) is 5.69 Å². The van der Waals surface area contributed by atoms with E-state index in [0.717, 1.165) is 0 Å². The molecule has 6 nitrogen and oxygen atoms in total. The number of carboxylic acids is 1. The third kappa shape index (κ3) is 2.94. The number of methoxy groups -OCH3 is 1. The zero-order valence-corrected chi connectivity index (χ0v) is 8.06. The average Bonchev–Trinajstić information content (AvgIpc) is 2.25. The van der Waals surface area contributed by atoms with Crippen molar-refractivity contribution in [1.29, 1.82) is 0 Å². The van der Waals surface area contributed by atoms with E-state index in [4.69, 9.17) is 5.11 Å². The molecule has 0 bridgehead atoms. The maximum Gasteiger partial charge on any atom is 0.341 e. The Labute approximate surface area is 85.9 Å². The van der Waals surface area contributed by atoms with Crippen molar-refractivity contribution >= 4 is 17.6 Å². The van der Waals surface area contributed by atoms with Crippen LogP contribution >= 0.6 is 0 Å². The van der Waals surface area contributed by atoms with E-state index in [9.17, 15) is 9.59 Å². The van der Waals surface area contributed by atoms with Crippen LogP contribution in [-0.4, -0.2) is 35.7 Å². The minimum absolute atomic E-state index is 0.209. The number of carboxylic acid groups (broad SMARTS) is 1. The summed E-state index contributed by atoms with van der Waals surface area (Å²) in [6.45, 7) is -0.270. The van der Waals surface area contributed by atoms with Crippen LogP contribution in [0.4, 0.5) is 5.69 Å². The smallest absolute Gasteiger partial charge is 0.341 e. The molecule has 0 saturated heterocycles. The van der Waals surface area contributed by atoms with E-state index in [-0.39, 0.29) is 12.1 Å². The molecule has 0 aliphatic rings. The summed E-state index contributed by atoms with van der Waals surface area (Å²) in [6, 6.07) is 1.51. The summed E-state index contributed by atoms with van der Waals surface area (Å²) in [7, 11) is 1.25. The second-order valence-electron chi connectivity index (χ2n) is 2.66. The van der Waals surface area contributed by atoms with Crippen molar-refractivity contribution in [2.24, 2.45) is 0 Å². The Balaban J connectivity index is 2.86. The molecule has 0 saturated carbocycles. The van der Waals surface area contributed by atoms with E-state index < -0.39 is 11.9 Å². The molecule has 0 unspecified atom stereocenters. The fourth-order valence-electron chi connectivity index (χ4n) is 0.992. The Morgan fingerprint density at radius 3 is 2.93 bits per heavy atom. The van der Waals surface area contributed by atoms with Crippen LogP contribution in [0, 0.1) is 0 Å². The first-order valence-electron chi connectivity index (χ1n) is 4.13. The van der Waals surface area contributed by atoms with Gasteiger partial charge in [-0.2, -0.15) is 0 Å². The van der Waals surface area contributed by atoms with Crippen molar-refractivity contribution in [3.63, 3.8) is 0 Å². The topological polar surface area (TPSA) is 88.5 Å². The second-order valence-corrected chi connectivity index (χ2v) is 2.66. The zero-order valence-electron chi connectivity index (χ0n) is 8.06. The highest BCUT2D eigenvalue weighted by molar-refractivity contribution is 5.95. The van der Waals surface area contributed by atoms with E-state index in [1.54, 1.807) is 0 Å². The van der Waals surface area contributed by atoms with Crippen molar-refractivity contribution in [3.05, 3.63) is 24.0 Å². The van der Waals surface area contributed by atoms with Gasteiger partial charge in [0.15, 0.2) is 0 Å². The summed E-state index contributed by atoms with van der Waals surface area (Å²) in [6.07, 6.45) is 2.77. The average molecular weight is 210 g/mol. The number of anilines is 1. The Morgan fingerprint density at radius 2 is 2.33 bits per heavy atom. The first-order chi connectivity index (χ1) is 7.15. The van der Waals surface area contributed by atoms with Gasteiger partial charge in [-0.25, -0.2) is 4.79 Å². The van der Waals surface area contributed by atoms with Crippen LogP contribution in [-0.2, 0) is 9.53 Å². The molecule has 15 heavy (non-hydrogen) atoms. The molecule has 0 amide bonds. The van der Waals surface area contributed by atoms with Crippen molar-refractivity contribution < 1.29 is 19.4 Å². The van der Waals surface area contributed by atoms with Gasteiger partial charge in [0.1, 0.15) is 12.1 Å². The van der Waals surface area contributed by atoms with Crippen molar-refractivity contribution in [2.45, 2.75) is 0 Å². The number of aliphatic carboxylic acids is 1. The maximum absolute atomic E-state index is 11.2. The molecule has 0 atom stereocenters. The van der Waals surface area contributed by atoms with Crippen molar-refractivity contribution in [1.82, 2.24) is 4.98 Å². The lowest BCUT2D eigenvalue weighted by Gasteiger charge is -2.07. The lowest BCUT2D eigenvalue weighted by Crippen LogP contribution is -2.15. The number of carbonyl (C=O) groups excluding carboxylic acids is 1. The molecule has 6 heteroatoms. The number of carbonyl (C=O) groups is 2. The van der Waals surface area contributed by atoms with Crippen LogP contribution in [0.5, 0.6) is 0 Å². The summed E-state index contributed by atoms with van der Waals surface area (Å²) < 4.78 is 4.52. The first kappa shape index (κ1) is 11.0. The SMILES string of the molecule is COC(=O)c1cnccc1NCC(=O)O. The normalized spacial score (nSPS) is 9.40. The van der Waals surface area contributed by atoms with Gasteiger partial charge in [-0.1, -0.05) is 0 Å². The molecule has 1 aromatic rings. The number of hydrogen-bond donors (Lipinski definition) is 2. The van der Waals surface area contributed by atoms with Crippen molar-refractivity contribution in [3.8, 4) is 0 Å². The van der Waals surface area contributed by atoms with Gasteiger partial charge >= 0.3 is 11.9 Å². The predicted octanol–water partition coefficient (Wildman–Crippen LogP) is 0.365. The zero-order chi connectivity index (χ0) is 11.3. The van der Waals surface area contributed by atoms with Crippen LogP contribution in [0.15, 0.2) is 18.5 Å². The molecule has 0 aliphatic carbocycles. The van der Waals surface area contributed by atoms with E-state index in [2.05, 4.69) is 15.0 Å². The number of pyridine rings is 1. The molecule has 1 rings (SSSR count). The van der Waals surface area contributed by atoms with Crippen LogP contribution in [0.3, 0.4) is 0 Å². The molecule has 2 N–H and O–H groups in total. The van der Waals surface area contributed by atoms with Crippen LogP contribution < -0.4 is 5.32 Å². The maximum atomic E-state index is 11.2. The number of nitrogens with zero attached hydrogens (tertiary/aromatic N) is 1. The van der Waals surface area contributed by atoms with E-state index in [1.807, 2.05) is 0 Å². The number of rotatable bonds is 4. The Morgan fingerprint density at radius 1 is 1.60 bits per heavy atom. The summed E-state index contributed by atoms with van der Waals surface area (Å²) >= 11 is 0. The van der Waals surface area contributed by atoms with Crippen LogP contribution in [0.25, 0.3) is 0 Å². The Hall–Kier alpha value is -2.11. The summed E-state index contributed by atoms with van der Waals surface area (Å²) in [4.78, 5) is 25.3. The quantitative estimate of drug-likeness (QED) is 0.698. The van der Waals surface area contributed by atoms with Crippen LogP contribution in [0.1, 0.15) is 10.4 Å². The predicted molar refractivity (Wildman–Crippen MR) is 51.7 cm³/mol. The molecule has 1 aromatic heterocycles. The highest BCUT2D eigenvalue weighted by Gasteiger charge is 2.11. The van der Waals surface area contributed by atoms with E-state index >= 15 is 0 Å². The van der Waals surface area contributed by atoms with Gasteiger partial charge in [0, 0.05) is 12.4 Å². The number of hydrogen-bond acceptors (Lipinski definition) is 5. The van der Waals surface area contributed by atoms with E-state index in [1.165, 1.54) is 25.6 Å². The van der Waals surface area contributed by atoms with Gasteiger partial charge in [-0.05, 0) is 6.07 Å². The number of aromatic nitrogens is 1. The standard InChI is InChI=1S/C9H10N2O4/c1-15-9(14)6-4-10-3-2-7(6)11-5-8(12)13/h2-4H,5H2,1H3,(H,10,11)(H,12,13). The summed E-state index contributed by atoms with van der Waals surface area (Å²) in [5.74, 6) is -1.57. The van der Waals surface area contributed by atoms with Gasteiger partial charge in [0.2, 0.25) is 0 Å². The minimum Gasteiger partial charge on any atom is -0.480 e. The molecule has 0 aromatic carbocycles. The molecule has 0 aliphatic heterocycles. The third-order valence-corrected chi connectivity index (χ3v) is 1.66. The highest BCUT2D eigenvalue weighted by atomic mass is 16.5. The molecule has 0 spiro atoms. The van der Waals surface area contributed by atoms with Gasteiger partial charge in [-0.3, -0.25) is 9.78 Å². The van der Waals surface area contributed by atoms with Gasteiger partial charge < -0.3 is 15.2 Å². The monoisotopic (exact) mass is 210 g/mol. The molecular formula is C9H10N2O4.